The fourth-order valence-corrected chi connectivity index (χ4v) is 2.56. The molecule has 0 bridgehead atoms. The quantitative estimate of drug-likeness (QED) is 0.688. The number of benzene rings is 1. The Balaban J connectivity index is 2.06. The lowest BCUT2D eigenvalue weighted by atomic mass is 10.2. The number of ether oxygens (including phenoxy) is 1. The lowest BCUT2D eigenvalue weighted by Gasteiger charge is -2.13. The lowest BCUT2D eigenvalue weighted by Crippen LogP contribution is -2.17. The summed E-state index contributed by atoms with van der Waals surface area (Å²) >= 11 is 6.10. The molecule has 0 radical (unpaired) electrons. The number of rotatable bonds is 8. The number of pyridine rings is 1. The molecule has 0 fully saturated rings. The number of hydrogen-bond donors (Lipinski definition) is 2. The SMILES string of the molecule is COc1cc(Cl)c(C)cc1NC(=O)c1cc(NCCCN(C)C)ccn1. The van der Waals surface area contributed by atoms with Crippen molar-refractivity contribution in [3.05, 3.63) is 46.7 Å². The third-order valence-electron chi connectivity index (χ3n) is 3.83. The van der Waals surface area contributed by atoms with E-state index in [4.69, 9.17) is 16.3 Å². The third-order valence-corrected chi connectivity index (χ3v) is 4.24. The van der Waals surface area contributed by atoms with E-state index in [0.717, 1.165) is 30.8 Å². The summed E-state index contributed by atoms with van der Waals surface area (Å²) in [7, 11) is 5.62. The van der Waals surface area contributed by atoms with Crippen molar-refractivity contribution in [2.24, 2.45) is 0 Å². The van der Waals surface area contributed by atoms with Crippen LogP contribution in [0.15, 0.2) is 30.5 Å². The first kappa shape index (κ1) is 20.0. The maximum Gasteiger partial charge on any atom is 0.274 e. The maximum atomic E-state index is 12.6. The predicted octanol–water partition coefficient (Wildman–Crippen LogP) is 3.67. The molecule has 1 aromatic heterocycles. The van der Waals surface area contributed by atoms with E-state index in [9.17, 15) is 4.79 Å². The number of amides is 1. The van der Waals surface area contributed by atoms with Gasteiger partial charge in [0, 0.05) is 29.5 Å². The van der Waals surface area contributed by atoms with E-state index in [1.165, 1.54) is 7.11 Å². The number of carbonyl (C=O) groups is 1. The van der Waals surface area contributed by atoms with Gasteiger partial charge in [0.05, 0.1) is 12.8 Å². The average Bonchev–Trinajstić information content (AvgIpc) is 2.61. The second-order valence-corrected chi connectivity index (χ2v) is 6.68. The number of anilines is 2. The fourth-order valence-electron chi connectivity index (χ4n) is 2.41. The number of hydrogen-bond acceptors (Lipinski definition) is 5. The lowest BCUT2D eigenvalue weighted by molar-refractivity contribution is 0.102. The number of aromatic nitrogens is 1. The topological polar surface area (TPSA) is 66.5 Å². The van der Waals surface area contributed by atoms with Gasteiger partial charge in [-0.3, -0.25) is 9.78 Å². The van der Waals surface area contributed by atoms with Gasteiger partial charge in [-0.15, -0.1) is 0 Å². The van der Waals surface area contributed by atoms with Crippen molar-refractivity contribution in [2.45, 2.75) is 13.3 Å². The van der Waals surface area contributed by atoms with Gasteiger partial charge in [0.2, 0.25) is 0 Å². The Hall–Kier alpha value is -2.31. The van der Waals surface area contributed by atoms with Gasteiger partial charge in [0.1, 0.15) is 11.4 Å². The number of aryl methyl sites for hydroxylation is 1. The number of carbonyl (C=O) groups excluding carboxylic acids is 1. The molecule has 2 N–H and O–H groups in total. The van der Waals surface area contributed by atoms with Crippen LogP contribution in [-0.4, -0.2) is 50.1 Å². The van der Waals surface area contributed by atoms with Crippen LogP contribution in [0, 0.1) is 6.92 Å². The molecule has 0 unspecified atom stereocenters. The van der Waals surface area contributed by atoms with Gasteiger partial charge in [0.15, 0.2) is 0 Å². The molecule has 0 aliphatic rings. The Kier molecular flexibility index (Phi) is 7.24. The molecule has 0 aliphatic heterocycles. The minimum atomic E-state index is -0.304. The molecule has 0 spiro atoms. The van der Waals surface area contributed by atoms with Crippen LogP contribution in [-0.2, 0) is 0 Å². The van der Waals surface area contributed by atoms with Crippen LogP contribution in [0.3, 0.4) is 0 Å². The summed E-state index contributed by atoms with van der Waals surface area (Å²) in [6, 6.07) is 7.05. The Morgan fingerprint density at radius 3 is 2.77 bits per heavy atom. The smallest absolute Gasteiger partial charge is 0.274 e. The van der Waals surface area contributed by atoms with E-state index in [2.05, 4.69) is 20.5 Å². The van der Waals surface area contributed by atoms with Crippen molar-refractivity contribution in [2.75, 3.05) is 44.9 Å². The zero-order valence-electron chi connectivity index (χ0n) is 15.6. The monoisotopic (exact) mass is 376 g/mol. The molecule has 6 nitrogen and oxygen atoms in total. The summed E-state index contributed by atoms with van der Waals surface area (Å²) < 4.78 is 5.29. The Morgan fingerprint density at radius 2 is 2.08 bits per heavy atom. The summed E-state index contributed by atoms with van der Waals surface area (Å²) in [5.41, 5.74) is 2.61. The molecule has 0 atom stereocenters. The van der Waals surface area contributed by atoms with Crippen LogP contribution in [0.4, 0.5) is 11.4 Å². The van der Waals surface area contributed by atoms with E-state index in [-0.39, 0.29) is 5.91 Å². The third kappa shape index (κ3) is 5.61. The fraction of sp³-hybridized carbons (Fsp3) is 0.368. The van der Waals surface area contributed by atoms with Crippen LogP contribution in [0.5, 0.6) is 5.75 Å². The highest BCUT2D eigenvalue weighted by atomic mass is 35.5. The van der Waals surface area contributed by atoms with Crippen LogP contribution in [0.25, 0.3) is 0 Å². The molecule has 0 saturated carbocycles. The van der Waals surface area contributed by atoms with Gasteiger partial charge >= 0.3 is 0 Å². The van der Waals surface area contributed by atoms with Crippen LogP contribution in [0.2, 0.25) is 5.02 Å². The summed E-state index contributed by atoms with van der Waals surface area (Å²) in [5.74, 6) is 0.203. The van der Waals surface area contributed by atoms with Crippen LogP contribution in [0.1, 0.15) is 22.5 Å². The van der Waals surface area contributed by atoms with Crippen molar-refractivity contribution >= 4 is 28.9 Å². The van der Waals surface area contributed by atoms with E-state index in [1.807, 2.05) is 27.1 Å². The van der Waals surface area contributed by atoms with Gasteiger partial charge in [-0.05, 0) is 57.7 Å². The summed E-state index contributed by atoms with van der Waals surface area (Å²) in [6.45, 7) is 3.70. The van der Waals surface area contributed by atoms with Gasteiger partial charge < -0.3 is 20.3 Å². The minimum Gasteiger partial charge on any atom is -0.495 e. The summed E-state index contributed by atoms with van der Waals surface area (Å²) in [6.07, 6.45) is 2.63. The standard InChI is InChI=1S/C19H25ClN4O2/c1-13-10-16(18(26-4)12-15(13)20)23-19(25)17-11-14(6-8-22-17)21-7-5-9-24(2)3/h6,8,10-12H,5,7,9H2,1-4H3,(H,21,22)(H,23,25). The number of methoxy groups -OCH3 is 1. The first-order chi connectivity index (χ1) is 12.4. The number of nitrogens with one attached hydrogen (secondary N) is 2. The Bertz CT molecular complexity index is 765. The molecule has 0 saturated heterocycles. The summed E-state index contributed by atoms with van der Waals surface area (Å²) in [5, 5.41) is 6.73. The number of halogens is 1. The van der Waals surface area contributed by atoms with Crippen molar-refractivity contribution in [3.8, 4) is 5.75 Å². The predicted molar refractivity (Wildman–Crippen MR) is 107 cm³/mol. The molecule has 2 rings (SSSR count). The van der Waals surface area contributed by atoms with Crippen molar-refractivity contribution in [1.29, 1.82) is 0 Å². The molecule has 1 heterocycles. The van der Waals surface area contributed by atoms with Crippen LogP contribution >= 0.6 is 11.6 Å². The van der Waals surface area contributed by atoms with E-state index < -0.39 is 0 Å². The van der Waals surface area contributed by atoms with Gasteiger partial charge in [-0.25, -0.2) is 0 Å². The Morgan fingerprint density at radius 1 is 1.31 bits per heavy atom. The van der Waals surface area contributed by atoms with Crippen molar-refractivity contribution < 1.29 is 9.53 Å². The average molecular weight is 377 g/mol. The van der Waals surface area contributed by atoms with E-state index in [0.29, 0.717) is 22.2 Å². The molecule has 1 aromatic carbocycles. The van der Waals surface area contributed by atoms with E-state index in [1.54, 1.807) is 24.4 Å². The molecule has 26 heavy (non-hydrogen) atoms. The van der Waals surface area contributed by atoms with Gasteiger partial charge in [-0.2, -0.15) is 0 Å². The molecule has 140 valence electrons. The van der Waals surface area contributed by atoms with E-state index >= 15 is 0 Å². The van der Waals surface area contributed by atoms with Gasteiger partial charge in [-0.1, -0.05) is 11.6 Å². The zero-order valence-corrected chi connectivity index (χ0v) is 16.4. The molecular weight excluding hydrogens is 352 g/mol. The largest absolute Gasteiger partial charge is 0.495 e. The minimum absolute atomic E-state index is 0.304. The first-order valence-electron chi connectivity index (χ1n) is 8.41. The Labute approximate surface area is 159 Å². The molecule has 2 aromatic rings. The summed E-state index contributed by atoms with van der Waals surface area (Å²) in [4.78, 5) is 18.8. The van der Waals surface area contributed by atoms with Crippen LogP contribution < -0.4 is 15.4 Å². The normalized spacial score (nSPS) is 10.7. The molecule has 1 amide bonds. The molecule has 7 heteroatoms. The van der Waals surface area contributed by atoms with Crippen molar-refractivity contribution in [1.82, 2.24) is 9.88 Å². The highest BCUT2D eigenvalue weighted by Gasteiger charge is 2.13. The maximum absolute atomic E-state index is 12.6. The second-order valence-electron chi connectivity index (χ2n) is 6.27. The van der Waals surface area contributed by atoms with Gasteiger partial charge in [0.25, 0.3) is 5.91 Å². The molecular formula is C19H25ClN4O2. The second kappa shape index (κ2) is 9.40. The van der Waals surface area contributed by atoms with Crippen molar-refractivity contribution in [3.63, 3.8) is 0 Å². The highest BCUT2D eigenvalue weighted by molar-refractivity contribution is 6.31. The number of nitrogens with zero attached hydrogens (tertiary/aromatic N) is 2. The zero-order chi connectivity index (χ0) is 19.1. The highest BCUT2D eigenvalue weighted by Crippen LogP contribution is 2.31. The molecule has 0 aliphatic carbocycles. The first-order valence-corrected chi connectivity index (χ1v) is 8.78.